The Morgan fingerprint density at radius 1 is 0.853 bits per heavy atom. The summed E-state index contributed by atoms with van der Waals surface area (Å²) in [6.07, 6.45) is 2.53. The Bertz CT molecular complexity index is 1310. The summed E-state index contributed by atoms with van der Waals surface area (Å²) in [5.41, 5.74) is 9.51. The minimum atomic E-state index is -3.50. The van der Waals surface area contributed by atoms with Gasteiger partial charge in [-0.05, 0) is 0 Å². The first-order valence-electron chi connectivity index (χ1n) is 12.0. The molecule has 0 aliphatic heterocycles. The van der Waals surface area contributed by atoms with E-state index in [1.807, 2.05) is 12.1 Å². The Balaban J connectivity index is 1.99. The molecule has 2 atom stereocenters. The van der Waals surface area contributed by atoms with Crippen molar-refractivity contribution < 1.29 is 31.6 Å². The second kappa shape index (κ2) is 8.68. The van der Waals surface area contributed by atoms with Crippen molar-refractivity contribution in [1.29, 1.82) is 0 Å². The quantitative estimate of drug-likeness (QED) is 0.369. The van der Waals surface area contributed by atoms with Crippen LogP contribution in [0.3, 0.4) is 0 Å². The molecular weight excluding hydrogens is 516 g/mol. The Hall–Kier alpha value is -1.84. The molecule has 0 fully saturated rings. The van der Waals surface area contributed by atoms with Crippen LogP contribution < -0.4 is 14.2 Å². The van der Waals surface area contributed by atoms with Gasteiger partial charge in [0.15, 0.2) is 0 Å². The zero-order valence-electron chi connectivity index (χ0n) is 22.1. The van der Waals surface area contributed by atoms with Crippen LogP contribution in [0.5, 0.6) is 17.2 Å². The first-order chi connectivity index (χ1) is 15.9. The predicted molar refractivity (Wildman–Crippen MR) is 143 cm³/mol. The third-order valence-electron chi connectivity index (χ3n) is 8.43. The number of hydrogen-bond donors (Lipinski definition) is 0. The average molecular weight is 554 g/mol. The maximum absolute atomic E-state index is 5.87. The molecule has 4 rings (SSSR count). The molecule has 0 amide bonds. The van der Waals surface area contributed by atoms with E-state index in [1.54, 1.807) is 24.6 Å². The molecular formula is C29H38O3SiZr. The third kappa shape index (κ3) is 3.71. The summed E-state index contributed by atoms with van der Waals surface area (Å²) in [5, 5.41) is 0. The summed E-state index contributed by atoms with van der Waals surface area (Å²) in [6, 6.07) is 12.8. The van der Waals surface area contributed by atoms with Crippen molar-refractivity contribution in [2.75, 3.05) is 21.3 Å². The van der Waals surface area contributed by atoms with Crippen molar-refractivity contribution in [2.24, 2.45) is 5.92 Å². The molecule has 2 aromatic carbocycles. The van der Waals surface area contributed by atoms with Crippen LogP contribution in [0.1, 0.15) is 48.0 Å². The van der Waals surface area contributed by atoms with Crippen LogP contribution in [0.4, 0.5) is 0 Å². The van der Waals surface area contributed by atoms with Crippen LogP contribution in [0.15, 0.2) is 62.5 Å². The van der Waals surface area contributed by atoms with Gasteiger partial charge in [0.05, 0.1) is 0 Å². The fourth-order valence-corrected chi connectivity index (χ4v) is 25.0. The second-order valence-corrected chi connectivity index (χ2v) is 40.5. The van der Waals surface area contributed by atoms with Gasteiger partial charge >= 0.3 is 208 Å². The normalized spacial score (nSPS) is 20.5. The minimum absolute atomic E-state index is 0.411. The van der Waals surface area contributed by atoms with Gasteiger partial charge in [-0.15, -0.1) is 0 Å². The zero-order chi connectivity index (χ0) is 25.0. The van der Waals surface area contributed by atoms with E-state index < -0.39 is 17.4 Å². The van der Waals surface area contributed by atoms with E-state index in [9.17, 15) is 0 Å². The molecule has 180 valence electrons. The Labute approximate surface area is 207 Å². The van der Waals surface area contributed by atoms with E-state index in [1.165, 1.54) is 33.4 Å². The van der Waals surface area contributed by atoms with Crippen molar-refractivity contribution in [3.05, 3.63) is 79.2 Å². The number of hydrogen-bond acceptors (Lipinski definition) is 3. The predicted octanol–water partition coefficient (Wildman–Crippen LogP) is 6.79. The monoisotopic (exact) mass is 552 g/mol. The van der Waals surface area contributed by atoms with Crippen molar-refractivity contribution in [1.82, 2.24) is 0 Å². The first kappa shape index (κ1) is 25.3. The number of benzene rings is 2. The number of rotatable bonds is 6. The zero-order valence-corrected chi connectivity index (χ0v) is 26.0. The maximum atomic E-state index is 5.87. The van der Waals surface area contributed by atoms with E-state index in [2.05, 4.69) is 74.2 Å². The van der Waals surface area contributed by atoms with Gasteiger partial charge in [-0.2, -0.15) is 0 Å². The molecule has 2 aromatic rings. The fraction of sp³-hybridized carbons (Fsp3) is 0.379. The van der Waals surface area contributed by atoms with Gasteiger partial charge in [0.25, 0.3) is 0 Å². The summed E-state index contributed by atoms with van der Waals surface area (Å²) >= 11 is -3.50. The van der Waals surface area contributed by atoms with Crippen molar-refractivity contribution in [2.45, 2.75) is 40.6 Å². The molecule has 34 heavy (non-hydrogen) atoms. The molecule has 0 saturated carbocycles. The molecule has 0 bridgehead atoms. The molecule has 0 N–H and O–H groups in total. The average Bonchev–Trinajstić information content (AvgIpc) is 3.30. The SMILES string of the molecule is COc1cc(OC)c(C2=C[CH]([Zr]([CH3])([CH3])(=[SiH2])[C]3=C(C)C(C)=C(C)C3C)c3ccccc32)c(OC)c1. The van der Waals surface area contributed by atoms with Crippen molar-refractivity contribution in [3.8, 4) is 17.2 Å². The summed E-state index contributed by atoms with van der Waals surface area (Å²) in [7, 11) is 5.10. The van der Waals surface area contributed by atoms with Gasteiger partial charge in [0.1, 0.15) is 0 Å². The van der Waals surface area contributed by atoms with Crippen LogP contribution in [-0.2, 0) is 17.4 Å². The Morgan fingerprint density at radius 3 is 1.94 bits per heavy atom. The van der Waals surface area contributed by atoms with Crippen molar-refractivity contribution >= 4 is 12.5 Å². The van der Waals surface area contributed by atoms with Crippen LogP contribution in [0.25, 0.3) is 5.57 Å². The van der Waals surface area contributed by atoms with Crippen LogP contribution in [-0.4, -0.2) is 28.2 Å². The van der Waals surface area contributed by atoms with E-state index in [4.69, 9.17) is 14.2 Å². The Kier molecular flexibility index (Phi) is 6.44. The topological polar surface area (TPSA) is 27.7 Å². The van der Waals surface area contributed by atoms with Gasteiger partial charge in [-0.25, -0.2) is 0 Å². The molecule has 0 heterocycles. The van der Waals surface area contributed by atoms with E-state index >= 15 is 0 Å². The molecule has 0 aromatic heterocycles. The number of allylic oxidation sites excluding steroid dienone is 5. The number of ether oxygens (including phenoxy) is 3. The van der Waals surface area contributed by atoms with E-state index in [-0.39, 0.29) is 0 Å². The molecule has 2 aliphatic rings. The summed E-state index contributed by atoms with van der Waals surface area (Å²) in [5.74, 6) is 2.80. The number of methoxy groups -OCH3 is 3. The van der Waals surface area contributed by atoms with Crippen LogP contribution in [0.2, 0.25) is 9.26 Å². The summed E-state index contributed by atoms with van der Waals surface area (Å²) in [6.45, 7) is 11.7. The van der Waals surface area contributed by atoms with Gasteiger partial charge in [0, 0.05) is 0 Å². The first-order valence-corrected chi connectivity index (χ1v) is 25.5. The summed E-state index contributed by atoms with van der Waals surface area (Å²) < 4.78 is 24.7. The van der Waals surface area contributed by atoms with Gasteiger partial charge in [-0.3, -0.25) is 0 Å². The van der Waals surface area contributed by atoms with Crippen LogP contribution in [0, 0.1) is 5.92 Å². The fourth-order valence-electron chi connectivity index (χ4n) is 6.47. The summed E-state index contributed by atoms with van der Waals surface area (Å²) in [4.78, 5) is 0. The van der Waals surface area contributed by atoms with E-state index in [0.29, 0.717) is 9.54 Å². The standard InChI is InChI=1S/C18H17O3.C9H13.2CH3.H2Si.Zr/c1-19-13-10-16(20-2)18(17(11-13)21-3)15-9-8-12-6-4-5-7-14(12)15;1-6-5-7(2)9(4)8(6)3;;;;/h4-11H,1-3H3;6H,1-4H3;2*1H3;1H2;. The molecule has 5 heteroatoms. The second-order valence-electron chi connectivity index (χ2n) is 10.9. The molecule has 0 saturated heterocycles. The molecule has 0 radical (unpaired) electrons. The van der Waals surface area contributed by atoms with Gasteiger partial charge < -0.3 is 0 Å². The molecule has 2 unspecified atom stereocenters. The van der Waals surface area contributed by atoms with E-state index in [0.717, 1.165) is 22.8 Å². The third-order valence-corrected chi connectivity index (χ3v) is 25.7. The number of fused-ring (bicyclic) bond motifs is 1. The molecule has 2 aliphatic carbocycles. The van der Waals surface area contributed by atoms with Gasteiger partial charge in [0.2, 0.25) is 0 Å². The molecule has 0 spiro atoms. The van der Waals surface area contributed by atoms with Crippen molar-refractivity contribution in [3.63, 3.8) is 0 Å². The Morgan fingerprint density at radius 2 is 1.44 bits per heavy atom. The van der Waals surface area contributed by atoms with Gasteiger partial charge in [-0.1, -0.05) is 0 Å². The molecule has 3 nitrogen and oxygen atoms in total. The van der Waals surface area contributed by atoms with Crippen LogP contribution >= 0.6 is 0 Å².